The van der Waals surface area contributed by atoms with E-state index in [1.807, 2.05) is 18.2 Å². The van der Waals surface area contributed by atoms with Gasteiger partial charge in [0.15, 0.2) is 0 Å². The number of nitro benzene ring substituents is 1. The van der Waals surface area contributed by atoms with E-state index >= 15 is 0 Å². The van der Waals surface area contributed by atoms with Gasteiger partial charge >= 0.3 is 101 Å². The van der Waals surface area contributed by atoms with Crippen LogP contribution in [0.1, 0.15) is 0 Å². The van der Waals surface area contributed by atoms with Crippen molar-refractivity contribution in [3.63, 3.8) is 0 Å². The molecule has 16 heavy (non-hydrogen) atoms. The van der Waals surface area contributed by atoms with Crippen molar-refractivity contribution in [2.75, 3.05) is 0 Å². The molecule has 3 aromatic rings. The van der Waals surface area contributed by atoms with Crippen LogP contribution in [0.4, 0.5) is 5.69 Å². The van der Waals surface area contributed by atoms with Crippen LogP contribution in [-0.2, 0) is 0 Å². The Kier molecular flexibility index (Phi) is 2.20. The van der Waals surface area contributed by atoms with Gasteiger partial charge in [-0.25, -0.2) is 0 Å². The van der Waals surface area contributed by atoms with E-state index in [2.05, 4.69) is 12.1 Å². The second-order valence-corrected chi connectivity index (χ2v) is 6.63. The van der Waals surface area contributed by atoms with E-state index in [1.165, 1.54) is 12.2 Å². The van der Waals surface area contributed by atoms with Crippen LogP contribution in [0.15, 0.2) is 42.5 Å². The van der Waals surface area contributed by atoms with E-state index in [9.17, 15) is 10.1 Å². The molecule has 0 bridgehead atoms. The van der Waals surface area contributed by atoms with Crippen molar-refractivity contribution in [2.45, 2.75) is 0 Å². The van der Waals surface area contributed by atoms with Crippen molar-refractivity contribution in [2.24, 2.45) is 0 Å². The topological polar surface area (TPSA) is 43.1 Å². The Morgan fingerprint density at radius 3 is 2.56 bits per heavy atom. The van der Waals surface area contributed by atoms with Crippen LogP contribution in [0.5, 0.6) is 0 Å². The predicted molar refractivity (Wildman–Crippen MR) is 65.0 cm³/mol. The van der Waals surface area contributed by atoms with Crippen LogP contribution in [0.25, 0.3) is 17.6 Å². The van der Waals surface area contributed by atoms with E-state index < -0.39 is 0 Å². The molecule has 4 heteroatoms. The fourth-order valence-electron chi connectivity index (χ4n) is 1.83. The van der Waals surface area contributed by atoms with Crippen molar-refractivity contribution >= 4 is 43.7 Å². The fraction of sp³-hybridized carbons (Fsp3) is 0. The molecule has 0 atom stereocenters. The molecule has 0 amide bonds. The molecule has 0 saturated heterocycles. The Hall–Kier alpha value is -1.37. The van der Waals surface area contributed by atoms with Gasteiger partial charge in [-0.05, 0) is 0 Å². The van der Waals surface area contributed by atoms with Crippen LogP contribution in [0.3, 0.4) is 0 Å². The van der Waals surface area contributed by atoms with E-state index in [-0.39, 0.29) is 31.0 Å². The molecule has 1 heterocycles. The Balaban J connectivity index is 2.44. The quantitative estimate of drug-likeness (QED) is 0.392. The minimum absolute atomic E-state index is 0.183. The number of fused-ring (bicyclic) bond motifs is 3. The Labute approximate surface area is 101 Å². The van der Waals surface area contributed by atoms with Crippen LogP contribution < -0.4 is 0 Å². The van der Waals surface area contributed by atoms with Crippen LogP contribution in [0.2, 0.25) is 0 Å². The first-order valence-corrected chi connectivity index (χ1v) is 7.14. The Bertz CT molecular complexity index is 702. The van der Waals surface area contributed by atoms with Crippen molar-refractivity contribution in [1.29, 1.82) is 0 Å². The number of hydrogen-bond acceptors (Lipinski definition) is 2. The number of rotatable bonds is 1. The minimum atomic E-state index is -0.340. The van der Waals surface area contributed by atoms with Gasteiger partial charge in [0.25, 0.3) is 0 Å². The third-order valence-electron chi connectivity index (χ3n) is 2.57. The first-order chi connectivity index (χ1) is 7.75. The average Bonchev–Trinajstić information content (AvgIpc) is 2.66. The van der Waals surface area contributed by atoms with Crippen molar-refractivity contribution in [3.05, 3.63) is 52.6 Å². The van der Waals surface area contributed by atoms with Crippen molar-refractivity contribution in [3.8, 4) is 0 Å². The molecule has 0 aliphatic heterocycles. The van der Waals surface area contributed by atoms with Gasteiger partial charge < -0.3 is 0 Å². The monoisotopic (exact) mass is 327 g/mol. The molecule has 0 aliphatic carbocycles. The maximum absolute atomic E-state index is 10.7. The summed E-state index contributed by atoms with van der Waals surface area (Å²) in [5, 5.41) is 13.0. The van der Waals surface area contributed by atoms with Gasteiger partial charge in [0.05, 0.1) is 0 Å². The molecule has 0 unspecified atom stereocenters. The predicted octanol–water partition coefficient (Wildman–Crippen LogP) is 2.96. The molecule has 0 aliphatic rings. The van der Waals surface area contributed by atoms with Crippen molar-refractivity contribution < 1.29 is 4.92 Å². The third kappa shape index (κ3) is 1.42. The number of hydrogen-bond donors (Lipinski definition) is 0. The molecule has 0 spiro atoms. The molecule has 1 aromatic heterocycles. The summed E-state index contributed by atoms with van der Waals surface area (Å²) in [5.74, 6) is 0. The number of benzene rings is 2. The SMILES string of the molecule is O=[N+]([O-])c1ccc2[te]c3ccccc3c2c1. The van der Waals surface area contributed by atoms with E-state index in [4.69, 9.17) is 0 Å². The molecule has 0 fully saturated rings. The van der Waals surface area contributed by atoms with Crippen LogP contribution in [-0.4, -0.2) is 25.4 Å². The van der Waals surface area contributed by atoms with Crippen molar-refractivity contribution in [1.82, 2.24) is 0 Å². The molecule has 0 N–H and O–H groups in total. The van der Waals surface area contributed by atoms with Gasteiger partial charge in [-0.2, -0.15) is 0 Å². The summed E-state index contributed by atoms with van der Waals surface area (Å²) >= 11 is -0.340. The molecule has 3 rings (SSSR count). The average molecular weight is 325 g/mol. The van der Waals surface area contributed by atoms with Gasteiger partial charge in [-0.3, -0.25) is 0 Å². The number of non-ortho nitro benzene ring substituents is 1. The van der Waals surface area contributed by atoms with Gasteiger partial charge in [0.2, 0.25) is 0 Å². The second-order valence-electron chi connectivity index (χ2n) is 3.54. The van der Waals surface area contributed by atoms with Gasteiger partial charge in [-0.1, -0.05) is 0 Å². The van der Waals surface area contributed by atoms with Gasteiger partial charge in [0, 0.05) is 0 Å². The van der Waals surface area contributed by atoms with Gasteiger partial charge in [0.1, 0.15) is 0 Å². The standard InChI is InChI=1S/C12H7NO2Te/c14-13(15)8-5-6-12-10(7-8)9-3-1-2-4-11(9)16-12/h1-7H. The van der Waals surface area contributed by atoms with Gasteiger partial charge in [-0.15, -0.1) is 0 Å². The summed E-state index contributed by atoms with van der Waals surface area (Å²) in [5.41, 5.74) is 0.183. The summed E-state index contributed by atoms with van der Waals surface area (Å²) in [4.78, 5) is 10.4. The summed E-state index contributed by atoms with van der Waals surface area (Å²) in [7, 11) is 0. The summed E-state index contributed by atoms with van der Waals surface area (Å²) in [6.45, 7) is 0. The number of nitrogens with zero attached hydrogens (tertiary/aromatic N) is 1. The third-order valence-corrected chi connectivity index (χ3v) is 5.86. The van der Waals surface area contributed by atoms with E-state index in [0.717, 1.165) is 5.39 Å². The fourth-order valence-corrected chi connectivity index (χ4v) is 4.93. The number of nitro groups is 1. The zero-order valence-electron chi connectivity index (χ0n) is 8.21. The zero-order valence-corrected chi connectivity index (χ0v) is 10.5. The summed E-state index contributed by atoms with van der Waals surface area (Å²) < 4.78 is 2.68. The van der Waals surface area contributed by atoms with Crippen LogP contribution >= 0.6 is 0 Å². The summed E-state index contributed by atoms with van der Waals surface area (Å²) in [6.07, 6.45) is 0. The van der Waals surface area contributed by atoms with Crippen LogP contribution in [0, 0.1) is 10.1 Å². The molecular formula is C12H7NO2Te. The molecule has 0 saturated carbocycles. The molecule has 3 nitrogen and oxygen atoms in total. The normalized spacial score (nSPS) is 11.0. The zero-order chi connectivity index (χ0) is 11.1. The summed E-state index contributed by atoms with van der Waals surface area (Å²) in [6, 6.07) is 13.4. The van der Waals surface area contributed by atoms with E-state index in [1.54, 1.807) is 12.1 Å². The van der Waals surface area contributed by atoms with E-state index in [0.29, 0.717) is 0 Å². The Morgan fingerprint density at radius 2 is 1.75 bits per heavy atom. The second kappa shape index (κ2) is 3.58. The molecule has 0 radical (unpaired) electrons. The first-order valence-electron chi connectivity index (χ1n) is 4.81. The molecule has 78 valence electrons. The molecular weight excluding hydrogens is 318 g/mol. The maximum atomic E-state index is 10.7. The molecule has 2 aromatic carbocycles. The Morgan fingerprint density at radius 1 is 1.00 bits per heavy atom. The first kappa shape index (κ1) is 9.83.